The summed E-state index contributed by atoms with van der Waals surface area (Å²) in [7, 11) is 0. The Balaban J connectivity index is 1.45. The number of aromatic amines is 1. The zero-order valence-electron chi connectivity index (χ0n) is 15.1. The third kappa shape index (κ3) is 2.81. The molecule has 0 radical (unpaired) electrons. The second kappa shape index (κ2) is 6.61. The van der Waals surface area contributed by atoms with Crippen LogP contribution in [0.15, 0.2) is 42.7 Å². The average Bonchev–Trinajstić information content (AvgIpc) is 3.40. The van der Waals surface area contributed by atoms with Crippen molar-refractivity contribution in [1.82, 2.24) is 20.1 Å². The van der Waals surface area contributed by atoms with Crippen molar-refractivity contribution < 1.29 is 4.79 Å². The molecule has 0 unspecified atom stereocenters. The fraction of sp³-hybridized carbons (Fsp3) is 0.286. The van der Waals surface area contributed by atoms with Gasteiger partial charge >= 0.3 is 0 Å². The number of fused-ring (bicyclic) bond motifs is 1. The number of halogens is 2. The summed E-state index contributed by atoms with van der Waals surface area (Å²) in [5.74, 6) is 0.143. The molecular formula is C21H18Cl2N4O. The molecule has 1 aromatic carbocycles. The molecule has 142 valence electrons. The first-order valence-corrected chi connectivity index (χ1v) is 10.1. The van der Waals surface area contributed by atoms with E-state index in [0.29, 0.717) is 23.1 Å². The number of rotatable bonds is 3. The first-order valence-electron chi connectivity index (χ1n) is 9.30. The van der Waals surface area contributed by atoms with Crippen molar-refractivity contribution in [3.63, 3.8) is 0 Å². The number of hydrogen-bond donors (Lipinski definition) is 1. The summed E-state index contributed by atoms with van der Waals surface area (Å²) >= 11 is 12.5. The molecule has 5 nitrogen and oxygen atoms in total. The van der Waals surface area contributed by atoms with Crippen LogP contribution in [0.1, 0.15) is 29.7 Å². The number of benzene rings is 1. The zero-order chi connectivity index (χ0) is 19.3. The molecule has 1 saturated carbocycles. The van der Waals surface area contributed by atoms with Gasteiger partial charge in [-0.15, -0.1) is 0 Å². The lowest BCUT2D eigenvalue weighted by molar-refractivity contribution is -0.134. The Labute approximate surface area is 172 Å². The van der Waals surface area contributed by atoms with Crippen molar-refractivity contribution in [2.45, 2.75) is 31.2 Å². The molecule has 1 N–H and O–H groups in total. The standard InChI is InChI=1S/C21H18Cl2N4O/c22-14-1-2-16(17(23)11-14)21(6-7-21)20(28)27-10-5-18-15(12-27)19(26-25-18)13-3-8-24-9-4-13/h1-4,8-9,11H,5-7,10,12H2,(H,25,26). The molecule has 28 heavy (non-hydrogen) atoms. The summed E-state index contributed by atoms with van der Waals surface area (Å²) in [5, 5.41) is 8.79. The van der Waals surface area contributed by atoms with Crippen LogP contribution in [-0.4, -0.2) is 32.5 Å². The highest BCUT2D eigenvalue weighted by molar-refractivity contribution is 6.35. The second-order valence-electron chi connectivity index (χ2n) is 7.45. The third-order valence-electron chi connectivity index (χ3n) is 5.78. The molecule has 7 heteroatoms. The molecule has 1 aliphatic heterocycles. The van der Waals surface area contributed by atoms with Crippen LogP contribution in [-0.2, 0) is 23.2 Å². The van der Waals surface area contributed by atoms with Crippen molar-refractivity contribution in [1.29, 1.82) is 0 Å². The first-order chi connectivity index (χ1) is 13.6. The lowest BCUT2D eigenvalue weighted by Crippen LogP contribution is -2.42. The van der Waals surface area contributed by atoms with E-state index < -0.39 is 5.41 Å². The molecule has 0 atom stereocenters. The minimum Gasteiger partial charge on any atom is -0.337 e. The van der Waals surface area contributed by atoms with Crippen molar-refractivity contribution in [2.75, 3.05) is 6.54 Å². The van der Waals surface area contributed by atoms with Crippen molar-refractivity contribution in [2.24, 2.45) is 0 Å². The topological polar surface area (TPSA) is 61.9 Å². The Morgan fingerprint density at radius 3 is 2.64 bits per heavy atom. The van der Waals surface area contributed by atoms with Crippen LogP contribution < -0.4 is 0 Å². The van der Waals surface area contributed by atoms with Gasteiger partial charge in [-0.1, -0.05) is 29.3 Å². The van der Waals surface area contributed by atoms with Gasteiger partial charge in [0, 0.05) is 58.8 Å². The fourth-order valence-corrected chi connectivity index (χ4v) is 4.71. The lowest BCUT2D eigenvalue weighted by atomic mass is 9.92. The van der Waals surface area contributed by atoms with Crippen LogP contribution >= 0.6 is 23.2 Å². The third-order valence-corrected chi connectivity index (χ3v) is 6.33. The van der Waals surface area contributed by atoms with E-state index in [9.17, 15) is 4.79 Å². The van der Waals surface area contributed by atoms with Gasteiger partial charge in [0.15, 0.2) is 0 Å². The zero-order valence-corrected chi connectivity index (χ0v) is 16.6. The monoisotopic (exact) mass is 412 g/mol. The lowest BCUT2D eigenvalue weighted by Gasteiger charge is -2.31. The minimum absolute atomic E-state index is 0.143. The Morgan fingerprint density at radius 2 is 1.93 bits per heavy atom. The number of nitrogens with one attached hydrogen (secondary N) is 1. The van der Waals surface area contributed by atoms with E-state index >= 15 is 0 Å². The molecule has 1 aliphatic carbocycles. The van der Waals surface area contributed by atoms with Crippen LogP contribution in [0, 0.1) is 0 Å². The molecular weight excluding hydrogens is 395 g/mol. The van der Waals surface area contributed by atoms with Crippen LogP contribution in [0.5, 0.6) is 0 Å². The molecule has 5 rings (SSSR count). The maximum absolute atomic E-state index is 13.5. The van der Waals surface area contributed by atoms with Gasteiger partial charge in [0.05, 0.1) is 11.1 Å². The van der Waals surface area contributed by atoms with E-state index in [1.54, 1.807) is 18.5 Å². The van der Waals surface area contributed by atoms with E-state index in [-0.39, 0.29) is 5.91 Å². The summed E-state index contributed by atoms with van der Waals surface area (Å²) in [6, 6.07) is 9.30. The number of carbonyl (C=O) groups is 1. The fourth-order valence-electron chi connectivity index (χ4n) is 4.12. The number of nitrogens with zero attached hydrogens (tertiary/aromatic N) is 3. The van der Waals surface area contributed by atoms with Crippen LogP contribution in [0.25, 0.3) is 11.3 Å². The molecule has 0 bridgehead atoms. The molecule has 1 amide bonds. The molecule has 0 spiro atoms. The highest BCUT2D eigenvalue weighted by Crippen LogP contribution is 2.52. The summed E-state index contributed by atoms with van der Waals surface area (Å²) in [4.78, 5) is 19.5. The van der Waals surface area contributed by atoms with Gasteiger partial charge in [-0.3, -0.25) is 14.9 Å². The molecule has 2 aliphatic rings. The van der Waals surface area contributed by atoms with E-state index in [1.165, 1.54) is 0 Å². The molecule has 0 saturated heterocycles. The number of carbonyl (C=O) groups excluding carboxylic acids is 1. The number of aromatic nitrogens is 3. The minimum atomic E-state index is -0.514. The summed E-state index contributed by atoms with van der Waals surface area (Å²) < 4.78 is 0. The van der Waals surface area contributed by atoms with Gasteiger partial charge in [-0.05, 0) is 42.7 Å². The maximum Gasteiger partial charge on any atom is 0.233 e. The highest BCUT2D eigenvalue weighted by Gasteiger charge is 2.54. The van der Waals surface area contributed by atoms with E-state index in [0.717, 1.165) is 47.3 Å². The summed E-state index contributed by atoms with van der Waals surface area (Å²) in [6.07, 6.45) is 5.91. The Morgan fingerprint density at radius 1 is 1.14 bits per heavy atom. The predicted molar refractivity (Wildman–Crippen MR) is 108 cm³/mol. The quantitative estimate of drug-likeness (QED) is 0.693. The Hall–Kier alpha value is -2.37. The molecule has 3 heterocycles. The molecule has 3 aromatic rings. The maximum atomic E-state index is 13.5. The van der Waals surface area contributed by atoms with E-state index in [4.69, 9.17) is 23.2 Å². The highest BCUT2D eigenvalue weighted by atomic mass is 35.5. The number of pyridine rings is 1. The van der Waals surface area contributed by atoms with Gasteiger partial charge in [0.2, 0.25) is 5.91 Å². The van der Waals surface area contributed by atoms with E-state index in [2.05, 4.69) is 15.2 Å². The predicted octanol–water partition coefficient (Wildman–Crippen LogP) is 4.40. The number of hydrogen-bond acceptors (Lipinski definition) is 3. The summed E-state index contributed by atoms with van der Waals surface area (Å²) in [6.45, 7) is 1.23. The van der Waals surface area contributed by atoms with Crippen LogP contribution in [0.3, 0.4) is 0 Å². The Kier molecular flexibility index (Phi) is 4.18. The second-order valence-corrected chi connectivity index (χ2v) is 8.29. The van der Waals surface area contributed by atoms with Crippen LogP contribution in [0.2, 0.25) is 10.0 Å². The van der Waals surface area contributed by atoms with Gasteiger partial charge < -0.3 is 4.90 Å². The summed E-state index contributed by atoms with van der Waals surface area (Å²) in [5.41, 5.74) is 4.46. The van der Waals surface area contributed by atoms with Gasteiger partial charge in [0.1, 0.15) is 0 Å². The largest absolute Gasteiger partial charge is 0.337 e. The first kappa shape index (κ1) is 17.7. The van der Waals surface area contributed by atoms with Gasteiger partial charge in [0.25, 0.3) is 0 Å². The normalized spacial score (nSPS) is 17.3. The Bertz CT molecular complexity index is 1060. The van der Waals surface area contributed by atoms with E-state index in [1.807, 2.05) is 29.2 Å². The number of amides is 1. The van der Waals surface area contributed by atoms with Gasteiger partial charge in [-0.25, -0.2) is 0 Å². The smallest absolute Gasteiger partial charge is 0.233 e. The van der Waals surface area contributed by atoms with Gasteiger partial charge in [-0.2, -0.15) is 5.10 Å². The molecule has 2 aromatic heterocycles. The van der Waals surface area contributed by atoms with Crippen molar-refractivity contribution in [3.05, 3.63) is 69.6 Å². The number of H-pyrrole nitrogens is 1. The van der Waals surface area contributed by atoms with Crippen LogP contribution in [0.4, 0.5) is 0 Å². The SMILES string of the molecule is O=C(N1CCc2[nH]nc(-c3ccncc3)c2C1)C1(c2ccc(Cl)cc2Cl)CC1. The van der Waals surface area contributed by atoms with Crippen molar-refractivity contribution >= 4 is 29.1 Å². The average molecular weight is 413 g/mol. The van der Waals surface area contributed by atoms with Crippen molar-refractivity contribution in [3.8, 4) is 11.3 Å². The molecule has 1 fully saturated rings.